The monoisotopic (exact) mass is 288 g/mol. The Hall–Kier alpha value is -2.35. The van der Waals surface area contributed by atoms with Crippen LogP contribution in [-0.4, -0.2) is 9.55 Å². The summed E-state index contributed by atoms with van der Waals surface area (Å²) in [4.78, 5) is 4.79. The molecule has 0 unspecified atom stereocenters. The molecule has 2 aliphatic rings. The van der Waals surface area contributed by atoms with Crippen molar-refractivity contribution in [2.45, 2.75) is 32.6 Å². The summed E-state index contributed by atoms with van der Waals surface area (Å²) in [5.41, 5.74) is 6.67. The summed E-state index contributed by atoms with van der Waals surface area (Å²) >= 11 is 0. The zero-order valence-corrected chi connectivity index (χ0v) is 12.9. The number of hydrogen-bond donors (Lipinski definition) is 0. The molecular weight excluding hydrogens is 268 g/mol. The van der Waals surface area contributed by atoms with Crippen molar-refractivity contribution in [1.82, 2.24) is 9.55 Å². The van der Waals surface area contributed by atoms with Gasteiger partial charge in [-0.2, -0.15) is 0 Å². The lowest BCUT2D eigenvalue weighted by Gasteiger charge is -2.19. The van der Waals surface area contributed by atoms with E-state index in [1.54, 1.807) is 0 Å². The minimum Gasteiger partial charge on any atom is -0.297 e. The fourth-order valence-electron chi connectivity index (χ4n) is 3.45. The number of benzene rings is 1. The van der Waals surface area contributed by atoms with Gasteiger partial charge in [0.15, 0.2) is 0 Å². The van der Waals surface area contributed by atoms with Gasteiger partial charge in [0.1, 0.15) is 5.82 Å². The molecule has 0 amide bonds. The lowest BCUT2D eigenvalue weighted by Crippen LogP contribution is -2.06. The van der Waals surface area contributed by atoms with Crippen molar-refractivity contribution in [2.24, 2.45) is 0 Å². The van der Waals surface area contributed by atoms with Crippen LogP contribution in [0, 0.1) is 6.92 Å². The number of rotatable bonds is 2. The lowest BCUT2D eigenvalue weighted by molar-refractivity contribution is 0.862. The summed E-state index contributed by atoms with van der Waals surface area (Å²) in [6.45, 7) is 2.10. The van der Waals surface area contributed by atoms with Crippen molar-refractivity contribution in [3.8, 4) is 5.69 Å². The maximum Gasteiger partial charge on any atom is 0.110 e. The van der Waals surface area contributed by atoms with Crippen LogP contribution in [0.1, 0.15) is 36.5 Å². The van der Waals surface area contributed by atoms with Gasteiger partial charge in [-0.1, -0.05) is 36.4 Å². The predicted molar refractivity (Wildman–Crippen MR) is 91.1 cm³/mol. The first-order valence-corrected chi connectivity index (χ1v) is 8.03. The predicted octanol–water partition coefficient (Wildman–Crippen LogP) is 4.79. The molecule has 1 heterocycles. The number of aryl methyl sites for hydroxylation is 2. The second-order valence-corrected chi connectivity index (χ2v) is 5.99. The van der Waals surface area contributed by atoms with E-state index < -0.39 is 0 Å². The highest BCUT2D eigenvalue weighted by atomic mass is 15.1. The van der Waals surface area contributed by atoms with E-state index >= 15 is 0 Å². The third-order valence-electron chi connectivity index (χ3n) is 4.54. The van der Waals surface area contributed by atoms with Crippen LogP contribution in [0.15, 0.2) is 59.7 Å². The molecule has 0 N–H and O–H groups in total. The summed E-state index contributed by atoms with van der Waals surface area (Å²) in [5, 5.41) is 0. The van der Waals surface area contributed by atoms with Gasteiger partial charge in [0.2, 0.25) is 0 Å². The molecule has 0 saturated carbocycles. The van der Waals surface area contributed by atoms with Gasteiger partial charge in [-0.25, -0.2) is 4.98 Å². The first-order chi connectivity index (χ1) is 10.8. The first kappa shape index (κ1) is 13.3. The van der Waals surface area contributed by atoms with Crippen LogP contribution in [-0.2, 0) is 6.42 Å². The van der Waals surface area contributed by atoms with Gasteiger partial charge < -0.3 is 0 Å². The van der Waals surface area contributed by atoms with Crippen molar-refractivity contribution in [3.63, 3.8) is 0 Å². The van der Waals surface area contributed by atoms with E-state index in [-0.39, 0.29) is 0 Å². The van der Waals surface area contributed by atoms with Crippen molar-refractivity contribution in [2.75, 3.05) is 0 Å². The molecule has 22 heavy (non-hydrogen) atoms. The number of fused-ring (bicyclic) bond motifs is 1. The largest absolute Gasteiger partial charge is 0.297 e. The van der Waals surface area contributed by atoms with Crippen LogP contribution < -0.4 is 0 Å². The van der Waals surface area contributed by atoms with Crippen molar-refractivity contribution < 1.29 is 0 Å². The smallest absolute Gasteiger partial charge is 0.110 e. The highest BCUT2D eigenvalue weighted by Gasteiger charge is 2.20. The number of para-hydroxylation sites is 1. The van der Waals surface area contributed by atoms with Gasteiger partial charge in [0, 0.05) is 5.69 Å². The summed E-state index contributed by atoms with van der Waals surface area (Å²) in [6, 6.07) is 10.5. The van der Waals surface area contributed by atoms with Crippen molar-refractivity contribution in [3.05, 3.63) is 76.9 Å². The molecule has 0 atom stereocenters. The Morgan fingerprint density at radius 3 is 2.64 bits per heavy atom. The Morgan fingerprint density at radius 1 is 1.00 bits per heavy atom. The zero-order chi connectivity index (χ0) is 14.9. The molecule has 2 nitrogen and oxygen atoms in total. The Labute approximate surface area is 131 Å². The highest BCUT2D eigenvalue weighted by Crippen LogP contribution is 2.33. The van der Waals surface area contributed by atoms with Crippen LogP contribution in [0.25, 0.3) is 11.8 Å². The zero-order valence-electron chi connectivity index (χ0n) is 12.9. The normalized spacial score (nSPS) is 17.0. The minimum atomic E-state index is 1.04. The van der Waals surface area contributed by atoms with E-state index in [2.05, 4.69) is 66.1 Å². The first-order valence-electron chi connectivity index (χ1n) is 8.03. The molecule has 2 heteroatoms. The lowest BCUT2D eigenvalue weighted by atomic mass is 9.89. The maximum atomic E-state index is 4.79. The van der Waals surface area contributed by atoms with Crippen LogP contribution in [0.3, 0.4) is 0 Å². The van der Waals surface area contributed by atoms with E-state index in [9.17, 15) is 0 Å². The number of allylic oxidation sites excluding steroid dienone is 5. The molecule has 2 aromatic rings. The van der Waals surface area contributed by atoms with Crippen LogP contribution in [0.4, 0.5) is 0 Å². The van der Waals surface area contributed by atoms with Gasteiger partial charge in [-0.15, -0.1) is 0 Å². The van der Waals surface area contributed by atoms with Crippen molar-refractivity contribution in [1.29, 1.82) is 0 Å². The van der Waals surface area contributed by atoms with Gasteiger partial charge in [-0.05, 0) is 62.0 Å². The highest BCUT2D eigenvalue weighted by molar-refractivity contribution is 5.63. The van der Waals surface area contributed by atoms with Gasteiger partial charge in [-0.3, -0.25) is 4.57 Å². The molecule has 0 saturated heterocycles. The van der Waals surface area contributed by atoms with Gasteiger partial charge in [0.05, 0.1) is 11.4 Å². The molecule has 1 aromatic carbocycles. The van der Waals surface area contributed by atoms with Crippen LogP contribution >= 0.6 is 0 Å². The van der Waals surface area contributed by atoms with Crippen LogP contribution in [0.5, 0.6) is 0 Å². The molecule has 0 spiro atoms. The SMILES string of the molecule is Cc1nc2c(n1-c1ccccc1)C=C(C1=CC=CCC1)CC2. The second kappa shape index (κ2) is 5.45. The fraction of sp³-hybridized carbons (Fsp3) is 0.250. The van der Waals surface area contributed by atoms with Gasteiger partial charge >= 0.3 is 0 Å². The maximum absolute atomic E-state index is 4.79. The summed E-state index contributed by atoms with van der Waals surface area (Å²) in [6.07, 6.45) is 13.5. The Morgan fingerprint density at radius 2 is 1.86 bits per heavy atom. The minimum absolute atomic E-state index is 1.04. The van der Waals surface area contributed by atoms with E-state index in [1.807, 2.05) is 0 Å². The number of nitrogens with zero attached hydrogens (tertiary/aromatic N) is 2. The topological polar surface area (TPSA) is 17.8 Å². The molecule has 0 radical (unpaired) electrons. The average Bonchev–Trinajstić information content (AvgIpc) is 2.91. The Balaban J connectivity index is 1.83. The molecule has 0 aliphatic heterocycles. The average molecular weight is 288 g/mol. The third kappa shape index (κ3) is 2.25. The van der Waals surface area contributed by atoms with Crippen molar-refractivity contribution >= 4 is 6.08 Å². The number of aromatic nitrogens is 2. The standard InChI is InChI=1S/C20H20N2/c1-15-21-19-13-12-17(16-8-4-2-5-9-16)14-20(19)22(15)18-10-6-3-7-11-18/h2-4,6-8,10-11,14H,5,9,12-13H2,1H3. The van der Waals surface area contributed by atoms with Gasteiger partial charge in [0.25, 0.3) is 0 Å². The molecule has 0 bridgehead atoms. The quantitative estimate of drug-likeness (QED) is 0.777. The molecule has 2 aliphatic carbocycles. The molecular formula is C20H20N2. The van der Waals surface area contributed by atoms with E-state index in [0.29, 0.717) is 0 Å². The molecule has 0 fully saturated rings. The molecule has 1 aromatic heterocycles. The van der Waals surface area contributed by atoms with E-state index in [0.717, 1.165) is 31.5 Å². The third-order valence-corrected chi connectivity index (χ3v) is 4.54. The summed E-state index contributed by atoms with van der Waals surface area (Å²) < 4.78 is 2.29. The summed E-state index contributed by atoms with van der Waals surface area (Å²) in [5.74, 6) is 1.08. The fourth-order valence-corrected chi connectivity index (χ4v) is 3.45. The number of imidazole rings is 1. The second-order valence-electron chi connectivity index (χ2n) is 5.99. The molecule has 110 valence electrons. The van der Waals surface area contributed by atoms with E-state index in [1.165, 1.54) is 28.2 Å². The Bertz CT molecular complexity index is 789. The summed E-state index contributed by atoms with van der Waals surface area (Å²) in [7, 11) is 0. The number of hydrogen-bond acceptors (Lipinski definition) is 1. The van der Waals surface area contributed by atoms with Crippen LogP contribution in [0.2, 0.25) is 0 Å². The molecule has 4 rings (SSSR count). The Kier molecular flexibility index (Phi) is 3.30. The van der Waals surface area contributed by atoms with E-state index in [4.69, 9.17) is 4.98 Å².